The van der Waals surface area contributed by atoms with Crippen molar-refractivity contribution in [3.63, 3.8) is 0 Å². The summed E-state index contributed by atoms with van der Waals surface area (Å²) in [5.41, 5.74) is 0.179. The molecule has 1 aromatic carbocycles. The predicted octanol–water partition coefficient (Wildman–Crippen LogP) is 1.35. The van der Waals surface area contributed by atoms with Gasteiger partial charge in [-0.05, 0) is 31.2 Å². The lowest BCUT2D eigenvalue weighted by Crippen LogP contribution is -2.24. The van der Waals surface area contributed by atoms with Crippen molar-refractivity contribution in [1.29, 1.82) is 0 Å². The molecule has 1 amide bonds. The molecule has 10 nitrogen and oxygen atoms in total. The van der Waals surface area contributed by atoms with Crippen LogP contribution < -0.4 is 5.32 Å². The zero-order chi connectivity index (χ0) is 20.1. The molecule has 2 N–H and O–H groups in total. The van der Waals surface area contributed by atoms with Crippen LogP contribution in [0, 0.1) is 0 Å². The summed E-state index contributed by atoms with van der Waals surface area (Å²) in [5, 5.41) is 15.5. The second-order valence-electron chi connectivity index (χ2n) is 5.41. The Morgan fingerprint density at radius 1 is 1.07 bits per heavy atom. The molecule has 0 spiro atoms. The number of carbonyl (C=O) groups is 4. The van der Waals surface area contributed by atoms with E-state index in [1.165, 1.54) is 51.6 Å². The van der Waals surface area contributed by atoms with E-state index in [-0.39, 0.29) is 22.5 Å². The monoisotopic (exact) mass is 375 g/mol. The number of esters is 2. The number of rotatable bonds is 6. The number of aliphatic carboxylic acids is 1. The quantitative estimate of drug-likeness (QED) is 0.722. The minimum Gasteiger partial charge on any atom is -0.480 e. The van der Waals surface area contributed by atoms with Crippen molar-refractivity contribution in [1.82, 2.24) is 9.78 Å². The van der Waals surface area contributed by atoms with Gasteiger partial charge in [0.25, 0.3) is 5.91 Å². The second kappa shape index (κ2) is 8.13. The number of hydrogen-bond donors (Lipinski definition) is 2. The van der Waals surface area contributed by atoms with Gasteiger partial charge >= 0.3 is 17.9 Å². The average molecular weight is 375 g/mol. The van der Waals surface area contributed by atoms with Gasteiger partial charge in [-0.3, -0.25) is 4.79 Å². The summed E-state index contributed by atoms with van der Waals surface area (Å²) in [6, 6.07) is 4.19. The van der Waals surface area contributed by atoms with Gasteiger partial charge < -0.3 is 19.9 Å². The van der Waals surface area contributed by atoms with E-state index in [1.54, 1.807) is 0 Å². The Hall–Kier alpha value is -3.69. The van der Waals surface area contributed by atoms with E-state index in [4.69, 9.17) is 5.11 Å². The Bertz CT molecular complexity index is 869. The molecule has 0 aliphatic carbocycles. The maximum absolute atomic E-state index is 12.5. The summed E-state index contributed by atoms with van der Waals surface area (Å²) in [4.78, 5) is 47.3. The molecule has 1 unspecified atom stereocenters. The Balaban J connectivity index is 2.38. The predicted molar refractivity (Wildman–Crippen MR) is 91.6 cm³/mol. The zero-order valence-corrected chi connectivity index (χ0v) is 14.8. The van der Waals surface area contributed by atoms with Crippen LogP contribution in [-0.2, 0) is 14.3 Å². The fraction of sp³-hybridized carbons (Fsp3) is 0.235. The lowest BCUT2D eigenvalue weighted by Gasteiger charge is -2.13. The van der Waals surface area contributed by atoms with Crippen LogP contribution in [0.4, 0.5) is 5.69 Å². The Morgan fingerprint density at radius 2 is 1.63 bits per heavy atom. The van der Waals surface area contributed by atoms with Crippen LogP contribution in [0.3, 0.4) is 0 Å². The van der Waals surface area contributed by atoms with Crippen LogP contribution in [0.1, 0.15) is 44.2 Å². The third kappa shape index (κ3) is 4.29. The van der Waals surface area contributed by atoms with E-state index in [2.05, 4.69) is 19.9 Å². The van der Waals surface area contributed by atoms with Gasteiger partial charge in [-0.1, -0.05) is 0 Å². The Labute approximate surface area is 153 Å². The van der Waals surface area contributed by atoms with Crippen molar-refractivity contribution in [2.45, 2.75) is 13.0 Å². The van der Waals surface area contributed by atoms with Crippen molar-refractivity contribution in [2.75, 3.05) is 19.5 Å². The third-order valence-corrected chi connectivity index (χ3v) is 3.66. The van der Waals surface area contributed by atoms with Gasteiger partial charge in [-0.15, -0.1) is 0 Å². The van der Waals surface area contributed by atoms with Crippen molar-refractivity contribution in [3.05, 3.63) is 47.3 Å². The van der Waals surface area contributed by atoms with Crippen molar-refractivity contribution >= 4 is 29.5 Å². The molecule has 10 heteroatoms. The first kappa shape index (κ1) is 19.6. The fourth-order valence-electron chi connectivity index (χ4n) is 2.27. The summed E-state index contributed by atoms with van der Waals surface area (Å²) in [7, 11) is 2.36. The molecule has 2 rings (SSSR count). The number of hydrogen-bond acceptors (Lipinski definition) is 7. The summed E-state index contributed by atoms with van der Waals surface area (Å²) in [5.74, 6) is -3.24. The molecule has 1 aromatic heterocycles. The van der Waals surface area contributed by atoms with Crippen LogP contribution in [-0.4, -0.2) is 52.9 Å². The molecule has 0 bridgehead atoms. The number of amides is 1. The number of nitrogens with zero attached hydrogens (tertiary/aromatic N) is 2. The Morgan fingerprint density at radius 3 is 2.11 bits per heavy atom. The van der Waals surface area contributed by atoms with Gasteiger partial charge in [0.15, 0.2) is 0 Å². The van der Waals surface area contributed by atoms with E-state index >= 15 is 0 Å². The first-order chi connectivity index (χ1) is 12.8. The van der Waals surface area contributed by atoms with Gasteiger partial charge in [-0.25, -0.2) is 19.1 Å². The first-order valence-electron chi connectivity index (χ1n) is 7.67. The highest BCUT2D eigenvalue weighted by Crippen LogP contribution is 2.19. The number of anilines is 1. The molecule has 0 radical (unpaired) electrons. The van der Waals surface area contributed by atoms with E-state index in [0.717, 1.165) is 4.68 Å². The number of nitrogens with one attached hydrogen (secondary N) is 1. The van der Waals surface area contributed by atoms with Crippen LogP contribution in [0.25, 0.3) is 0 Å². The van der Waals surface area contributed by atoms with Crippen LogP contribution in [0.2, 0.25) is 0 Å². The Kier molecular flexibility index (Phi) is 5.91. The van der Waals surface area contributed by atoms with Crippen LogP contribution in [0.15, 0.2) is 30.5 Å². The third-order valence-electron chi connectivity index (χ3n) is 3.66. The van der Waals surface area contributed by atoms with Gasteiger partial charge in [-0.2, -0.15) is 5.10 Å². The molecule has 0 saturated carbocycles. The van der Waals surface area contributed by atoms with E-state index < -0.39 is 29.9 Å². The highest BCUT2D eigenvalue weighted by molar-refractivity contribution is 6.05. The number of aromatic nitrogens is 2. The van der Waals surface area contributed by atoms with Gasteiger partial charge in [0.2, 0.25) is 0 Å². The van der Waals surface area contributed by atoms with Crippen molar-refractivity contribution in [2.24, 2.45) is 0 Å². The van der Waals surface area contributed by atoms with Gasteiger partial charge in [0.1, 0.15) is 11.7 Å². The van der Waals surface area contributed by atoms with Gasteiger partial charge in [0.05, 0.1) is 25.3 Å². The smallest absolute Gasteiger partial charge is 0.337 e. The number of benzene rings is 1. The van der Waals surface area contributed by atoms with E-state index in [0.29, 0.717) is 0 Å². The summed E-state index contributed by atoms with van der Waals surface area (Å²) >= 11 is 0. The molecule has 2 aromatic rings. The second-order valence-corrected chi connectivity index (χ2v) is 5.41. The normalized spacial score (nSPS) is 11.4. The van der Waals surface area contributed by atoms with Crippen LogP contribution in [0.5, 0.6) is 0 Å². The molecule has 0 aliphatic rings. The molecule has 1 heterocycles. The molecule has 27 heavy (non-hydrogen) atoms. The molecular weight excluding hydrogens is 358 g/mol. The van der Waals surface area contributed by atoms with E-state index in [9.17, 15) is 19.2 Å². The number of carboxylic acids is 1. The summed E-state index contributed by atoms with van der Waals surface area (Å²) in [6.45, 7) is 1.37. The largest absolute Gasteiger partial charge is 0.480 e. The van der Waals surface area contributed by atoms with Crippen molar-refractivity contribution < 1.29 is 33.8 Å². The minimum absolute atomic E-state index is 0.00649. The lowest BCUT2D eigenvalue weighted by molar-refractivity contribution is -0.140. The number of ether oxygens (including phenoxy) is 2. The zero-order valence-electron chi connectivity index (χ0n) is 14.8. The van der Waals surface area contributed by atoms with E-state index in [1.807, 2.05) is 0 Å². The molecule has 0 saturated heterocycles. The average Bonchev–Trinajstić information content (AvgIpc) is 3.15. The molecule has 142 valence electrons. The molecule has 0 aliphatic heterocycles. The standard InChI is InChI=1S/C17H17N3O7/c1-9(15(22)23)20-13(4-5-18-20)14(21)19-12-7-10(16(24)26-2)6-11(8-12)17(25)27-3/h4-9H,1-3H3,(H,19,21)(H,22,23). The van der Waals surface area contributed by atoms with Crippen LogP contribution >= 0.6 is 0 Å². The van der Waals surface area contributed by atoms with Gasteiger partial charge in [0, 0.05) is 11.9 Å². The fourth-order valence-corrected chi connectivity index (χ4v) is 2.27. The maximum Gasteiger partial charge on any atom is 0.337 e. The SMILES string of the molecule is COC(=O)c1cc(NC(=O)c2ccnn2C(C)C(=O)O)cc(C(=O)OC)c1. The number of carbonyl (C=O) groups excluding carboxylic acids is 3. The maximum atomic E-state index is 12.5. The highest BCUT2D eigenvalue weighted by Gasteiger charge is 2.22. The lowest BCUT2D eigenvalue weighted by atomic mass is 10.1. The van der Waals surface area contributed by atoms with Crippen molar-refractivity contribution in [3.8, 4) is 0 Å². The summed E-state index contributed by atoms with van der Waals surface area (Å²) in [6.07, 6.45) is 1.29. The number of methoxy groups -OCH3 is 2. The number of carboxylic acid groups (broad SMARTS) is 1. The minimum atomic E-state index is -1.16. The molecule has 1 atom stereocenters. The highest BCUT2D eigenvalue weighted by atomic mass is 16.5. The molecule has 0 fully saturated rings. The first-order valence-corrected chi connectivity index (χ1v) is 7.67. The summed E-state index contributed by atoms with van der Waals surface area (Å²) < 4.78 is 10.3. The topological polar surface area (TPSA) is 137 Å². The molecular formula is C17H17N3O7.